The van der Waals surface area contributed by atoms with Gasteiger partial charge in [0.25, 0.3) is 0 Å². The van der Waals surface area contributed by atoms with Gasteiger partial charge in [-0.25, -0.2) is 9.59 Å². The van der Waals surface area contributed by atoms with Crippen molar-refractivity contribution in [3.8, 4) is 0 Å². The van der Waals surface area contributed by atoms with Crippen LogP contribution in [0.3, 0.4) is 0 Å². The number of hydrogen-bond donors (Lipinski definition) is 1. The molecule has 1 aliphatic rings. The fraction of sp³-hybridized carbons (Fsp3) is 0.778. The Kier molecular flexibility index (Phi) is 8.13. The van der Waals surface area contributed by atoms with Gasteiger partial charge in [0.2, 0.25) is 0 Å². The molecule has 1 atom stereocenters. The number of alkyl carbamates (subject to hydrolysis) is 1. The lowest BCUT2D eigenvalue weighted by molar-refractivity contribution is -0.137. The van der Waals surface area contributed by atoms with E-state index in [0.29, 0.717) is 12.5 Å². The number of hydrogen-bond acceptors (Lipinski definition) is 4. The van der Waals surface area contributed by atoms with Crippen LogP contribution in [0.5, 0.6) is 0 Å². The number of nitrogens with one attached hydrogen (secondary N) is 1. The highest BCUT2D eigenvalue weighted by molar-refractivity contribution is 5.82. The number of ether oxygens (including phenoxy) is 2. The van der Waals surface area contributed by atoms with Crippen molar-refractivity contribution in [1.29, 1.82) is 0 Å². The lowest BCUT2D eigenvalue weighted by Crippen LogP contribution is -2.39. The SMILES string of the molecule is CCOC(=O)C=C[C@H](CC1CCCCC1)NC(=O)OC(C)(C)C. The summed E-state index contributed by atoms with van der Waals surface area (Å²) in [5.74, 6) is 0.197. The van der Waals surface area contributed by atoms with Crippen molar-refractivity contribution in [2.75, 3.05) is 6.61 Å². The van der Waals surface area contributed by atoms with Crippen LogP contribution in [0.25, 0.3) is 0 Å². The van der Waals surface area contributed by atoms with Gasteiger partial charge >= 0.3 is 12.1 Å². The predicted molar refractivity (Wildman–Crippen MR) is 90.1 cm³/mol. The standard InChI is InChI=1S/C18H31NO4/c1-5-22-16(20)12-11-15(13-14-9-7-6-8-10-14)19-17(21)23-18(2,3)4/h11-12,14-15H,5-10,13H2,1-4H3,(H,19,21)/t15-/m1/s1. The Morgan fingerprint density at radius 1 is 1.22 bits per heavy atom. The molecule has 5 nitrogen and oxygen atoms in total. The van der Waals surface area contributed by atoms with Gasteiger partial charge in [-0.3, -0.25) is 0 Å². The first-order chi connectivity index (χ1) is 10.8. The van der Waals surface area contributed by atoms with Crippen molar-refractivity contribution in [2.45, 2.75) is 77.9 Å². The van der Waals surface area contributed by atoms with E-state index in [9.17, 15) is 9.59 Å². The molecule has 0 aromatic heterocycles. The van der Waals surface area contributed by atoms with Crippen LogP contribution >= 0.6 is 0 Å². The molecule has 5 heteroatoms. The molecular formula is C18H31NO4. The van der Waals surface area contributed by atoms with E-state index in [1.54, 1.807) is 13.0 Å². The maximum atomic E-state index is 12.0. The van der Waals surface area contributed by atoms with Crippen LogP contribution in [0.1, 0.15) is 66.2 Å². The van der Waals surface area contributed by atoms with Crippen LogP contribution in [-0.4, -0.2) is 30.3 Å². The summed E-state index contributed by atoms with van der Waals surface area (Å²) in [5.41, 5.74) is -0.537. The fourth-order valence-electron chi connectivity index (χ4n) is 2.81. The monoisotopic (exact) mass is 325 g/mol. The summed E-state index contributed by atoms with van der Waals surface area (Å²) < 4.78 is 10.2. The average molecular weight is 325 g/mol. The van der Waals surface area contributed by atoms with Gasteiger partial charge in [0.1, 0.15) is 5.60 Å². The first kappa shape index (κ1) is 19.5. The highest BCUT2D eigenvalue weighted by Crippen LogP contribution is 2.27. The lowest BCUT2D eigenvalue weighted by atomic mass is 9.85. The summed E-state index contributed by atoms with van der Waals surface area (Å²) in [7, 11) is 0. The second-order valence-corrected chi connectivity index (χ2v) is 7.10. The van der Waals surface area contributed by atoms with Gasteiger partial charge < -0.3 is 14.8 Å². The number of rotatable bonds is 6. The lowest BCUT2D eigenvalue weighted by Gasteiger charge is -2.27. The Morgan fingerprint density at radius 3 is 2.43 bits per heavy atom. The fourth-order valence-corrected chi connectivity index (χ4v) is 2.81. The Hall–Kier alpha value is -1.52. The van der Waals surface area contributed by atoms with Crippen molar-refractivity contribution in [3.63, 3.8) is 0 Å². The van der Waals surface area contributed by atoms with Crippen LogP contribution < -0.4 is 5.32 Å². The van der Waals surface area contributed by atoms with Gasteiger partial charge in [-0.1, -0.05) is 38.2 Å². The van der Waals surface area contributed by atoms with E-state index in [1.165, 1.54) is 38.2 Å². The zero-order chi connectivity index (χ0) is 17.3. The van der Waals surface area contributed by atoms with Crippen molar-refractivity contribution < 1.29 is 19.1 Å². The highest BCUT2D eigenvalue weighted by atomic mass is 16.6. The molecule has 1 fully saturated rings. The average Bonchev–Trinajstić information content (AvgIpc) is 2.44. The molecule has 0 spiro atoms. The largest absolute Gasteiger partial charge is 0.463 e. The zero-order valence-electron chi connectivity index (χ0n) is 14.9. The quantitative estimate of drug-likeness (QED) is 0.593. The summed E-state index contributed by atoms with van der Waals surface area (Å²) in [6.45, 7) is 7.60. The molecule has 0 unspecified atom stereocenters. The maximum Gasteiger partial charge on any atom is 0.408 e. The molecule has 0 aromatic rings. The van der Waals surface area contributed by atoms with Crippen LogP contribution in [0, 0.1) is 5.92 Å². The minimum atomic E-state index is -0.537. The van der Waals surface area contributed by atoms with Gasteiger partial charge in [0.15, 0.2) is 0 Å². The van der Waals surface area contributed by atoms with Crippen molar-refractivity contribution >= 4 is 12.1 Å². The van der Waals surface area contributed by atoms with Gasteiger partial charge in [0, 0.05) is 6.08 Å². The third-order valence-corrected chi connectivity index (χ3v) is 3.77. The highest BCUT2D eigenvalue weighted by Gasteiger charge is 2.22. The van der Waals surface area contributed by atoms with E-state index in [0.717, 1.165) is 6.42 Å². The Morgan fingerprint density at radius 2 is 1.87 bits per heavy atom. The van der Waals surface area contributed by atoms with Crippen molar-refractivity contribution in [2.24, 2.45) is 5.92 Å². The first-order valence-electron chi connectivity index (χ1n) is 8.64. The van der Waals surface area contributed by atoms with Crippen LogP contribution in [0.2, 0.25) is 0 Å². The molecule has 1 aliphatic carbocycles. The molecule has 1 saturated carbocycles. The second kappa shape index (κ2) is 9.58. The topological polar surface area (TPSA) is 64.6 Å². The molecule has 0 bridgehead atoms. The summed E-state index contributed by atoms with van der Waals surface area (Å²) in [6, 6.07) is -0.211. The molecule has 0 aromatic carbocycles. The van der Waals surface area contributed by atoms with E-state index < -0.39 is 11.7 Å². The molecule has 23 heavy (non-hydrogen) atoms. The summed E-state index contributed by atoms with van der Waals surface area (Å²) in [6.07, 6.45) is 9.63. The summed E-state index contributed by atoms with van der Waals surface area (Å²) in [4.78, 5) is 23.5. The molecule has 0 aliphatic heterocycles. The minimum absolute atomic E-state index is 0.211. The predicted octanol–water partition coefficient (Wildman–Crippen LogP) is 3.97. The zero-order valence-corrected chi connectivity index (χ0v) is 14.9. The number of amides is 1. The van der Waals surface area contributed by atoms with E-state index in [-0.39, 0.29) is 12.0 Å². The second-order valence-electron chi connectivity index (χ2n) is 7.10. The van der Waals surface area contributed by atoms with Crippen LogP contribution in [-0.2, 0) is 14.3 Å². The molecule has 132 valence electrons. The van der Waals surface area contributed by atoms with Gasteiger partial charge in [-0.05, 0) is 40.0 Å². The first-order valence-corrected chi connectivity index (χ1v) is 8.64. The molecule has 1 N–H and O–H groups in total. The third-order valence-electron chi connectivity index (χ3n) is 3.77. The maximum absolute atomic E-state index is 12.0. The van der Waals surface area contributed by atoms with Gasteiger partial charge in [-0.15, -0.1) is 0 Å². The van der Waals surface area contributed by atoms with Crippen LogP contribution in [0.4, 0.5) is 4.79 Å². The molecule has 0 radical (unpaired) electrons. The van der Waals surface area contributed by atoms with Crippen LogP contribution in [0.15, 0.2) is 12.2 Å². The van der Waals surface area contributed by atoms with Crippen molar-refractivity contribution in [3.05, 3.63) is 12.2 Å². The van der Waals surface area contributed by atoms with Crippen molar-refractivity contribution in [1.82, 2.24) is 5.32 Å². The van der Waals surface area contributed by atoms with E-state index >= 15 is 0 Å². The molecule has 1 rings (SSSR count). The molecule has 1 amide bonds. The van der Waals surface area contributed by atoms with Gasteiger partial charge in [-0.2, -0.15) is 0 Å². The summed E-state index contributed by atoms with van der Waals surface area (Å²) >= 11 is 0. The minimum Gasteiger partial charge on any atom is -0.463 e. The van der Waals surface area contributed by atoms with Gasteiger partial charge in [0.05, 0.1) is 12.6 Å². The van der Waals surface area contributed by atoms with E-state index in [4.69, 9.17) is 9.47 Å². The van der Waals surface area contributed by atoms with E-state index in [1.807, 2.05) is 20.8 Å². The normalized spacial score (nSPS) is 17.7. The number of esters is 1. The Labute approximate surface area is 139 Å². The Bertz CT molecular complexity index is 406. The molecule has 0 saturated heterocycles. The Balaban J connectivity index is 2.62. The number of carbonyl (C=O) groups is 2. The van der Waals surface area contributed by atoms with E-state index in [2.05, 4.69) is 5.32 Å². The number of carbonyl (C=O) groups excluding carboxylic acids is 2. The third kappa shape index (κ3) is 9.26. The molecule has 0 heterocycles. The smallest absolute Gasteiger partial charge is 0.408 e. The summed E-state index contributed by atoms with van der Waals surface area (Å²) in [5, 5.41) is 2.86. The molecular weight excluding hydrogens is 294 g/mol.